The first-order valence-corrected chi connectivity index (χ1v) is 10.5. The molecule has 0 bridgehead atoms. The monoisotopic (exact) mass is 411 g/mol. The molecule has 2 unspecified atom stereocenters. The minimum atomic E-state index is -4.58. The number of halogens is 5. The highest BCUT2D eigenvalue weighted by Gasteiger charge is 2.45. The van der Waals surface area contributed by atoms with Gasteiger partial charge in [-0.25, -0.2) is 8.78 Å². The minimum absolute atomic E-state index is 0.563. The zero-order valence-corrected chi connectivity index (χ0v) is 16.2. The van der Waals surface area contributed by atoms with Crippen molar-refractivity contribution in [2.45, 2.75) is 57.8 Å². The lowest BCUT2D eigenvalue weighted by Gasteiger charge is -2.38. The Morgan fingerprint density at radius 2 is 2.04 bits per heavy atom. The first-order chi connectivity index (χ1) is 12.7. The number of aromatic nitrogens is 2. The minimum Gasteiger partial charge on any atom is -0.300 e. The van der Waals surface area contributed by atoms with Crippen LogP contribution in [0.2, 0.25) is 0 Å². The van der Waals surface area contributed by atoms with Gasteiger partial charge in [0.25, 0.3) is 6.43 Å². The van der Waals surface area contributed by atoms with Gasteiger partial charge in [0, 0.05) is 35.7 Å². The van der Waals surface area contributed by atoms with Crippen LogP contribution in [0.5, 0.6) is 0 Å². The molecule has 1 aromatic rings. The van der Waals surface area contributed by atoms with Crippen molar-refractivity contribution in [3.8, 4) is 0 Å². The summed E-state index contributed by atoms with van der Waals surface area (Å²) in [6.07, 6.45) is -0.495. The molecule has 2 atom stereocenters. The quantitative estimate of drug-likeness (QED) is 0.668. The molecule has 3 aliphatic rings. The summed E-state index contributed by atoms with van der Waals surface area (Å²) in [5.41, 5.74) is -0.385. The van der Waals surface area contributed by atoms with E-state index in [4.69, 9.17) is 0 Å². The summed E-state index contributed by atoms with van der Waals surface area (Å²) in [4.78, 5) is 2.81. The second-order valence-corrected chi connectivity index (χ2v) is 9.08. The van der Waals surface area contributed by atoms with Crippen molar-refractivity contribution in [3.63, 3.8) is 0 Å². The molecule has 1 spiro atoms. The number of thioether (sulfide) groups is 1. The predicted molar refractivity (Wildman–Crippen MR) is 96.0 cm³/mol. The Hall–Kier alpha value is -0.830. The molecule has 27 heavy (non-hydrogen) atoms. The highest BCUT2D eigenvalue weighted by molar-refractivity contribution is 8.00. The highest BCUT2D eigenvalue weighted by atomic mass is 32.2. The number of nitrogens with zero attached hydrogens (tertiary/aromatic N) is 3. The molecule has 154 valence electrons. The lowest BCUT2D eigenvalue weighted by molar-refractivity contribution is -0.141. The van der Waals surface area contributed by atoms with Gasteiger partial charge in [-0.2, -0.15) is 30.0 Å². The molecule has 3 nitrogen and oxygen atoms in total. The van der Waals surface area contributed by atoms with Crippen LogP contribution in [0.15, 0.2) is 12.3 Å². The second-order valence-electron chi connectivity index (χ2n) is 8.10. The molecule has 2 aliphatic heterocycles. The van der Waals surface area contributed by atoms with E-state index in [9.17, 15) is 22.0 Å². The zero-order chi connectivity index (χ0) is 19.7. The molecule has 1 aliphatic carbocycles. The zero-order valence-electron chi connectivity index (χ0n) is 15.4. The lowest BCUT2D eigenvalue weighted by Crippen LogP contribution is -2.40. The van der Waals surface area contributed by atoms with Crippen molar-refractivity contribution in [1.29, 1.82) is 0 Å². The van der Waals surface area contributed by atoms with E-state index < -0.39 is 24.8 Å². The second kappa shape index (κ2) is 8.27. The molecule has 0 aromatic carbocycles. The van der Waals surface area contributed by atoms with Crippen molar-refractivity contribution in [3.05, 3.63) is 18.0 Å². The standard InChI is InChI=1S/C12H21NS.C6H5F5N2/c1-10-2-3-11(6-10)13-5-4-12(7-13)8-14-9-12;7-5(8)3-13-2-1-4(12-13)6(9,10)11/h10-11H,2-9H2,1H3;1-2,5H,3H2. The summed E-state index contributed by atoms with van der Waals surface area (Å²) in [6, 6.07) is 1.61. The van der Waals surface area contributed by atoms with Gasteiger partial charge in [-0.1, -0.05) is 6.92 Å². The fraction of sp³-hybridized carbons (Fsp3) is 0.833. The van der Waals surface area contributed by atoms with Gasteiger partial charge in [0.2, 0.25) is 0 Å². The third-order valence-electron chi connectivity index (χ3n) is 5.72. The fourth-order valence-electron chi connectivity index (χ4n) is 4.17. The Labute approximate surface area is 160 Å². The lowest BCUT2D eigenvalue weighted by atomic mass is 9.91. The molecule has 2 saturated heterocycles. The summed E-state index contributed by atoms with van der Waals surface area (Å²) in [7, 11) is 0. The Kier molecular flexibility index (Phi) is 6.40. The van der Waals surface area contributed by atoms with Gasteiger partial charge >= 0.3 is 6.18 Å². The molecule has 0 radical (unpaired) electrons. The third kappa shape index (κ3) is 5.37. The fourth-order valence-corrected chi connectivity index (χ4v) is 5.43. The van der Waals surface area contributed by atoms with Gasteiger partial charge in [-0.05, 0) is 44.2 Å². The first-order valence-electron chi connectivity index (χ1n) is 9.37. The van der Waals surface area contributed by atoms with E-state index in [2.05, 4.69) is 28.7 Å². The van der Waals surface area contributed by atoms with E-state index in [1.807, 2.05) is 0 Å². The van der Waals surface area contributed by atoms with Crippen LogP contribution in [0.25, 0.3) is 0 Å². The van der Waals surface area contributed by atoms with Crippen LogP contribution in [0.1, 0.15) is 38.3 Å². The van der Waals surface area contributed by atoms with Crippen molar-refractivity contribution < 1.29 is 22.0 Å². The van der Waals surface area contributed by atoms with Gasteiger partial charge in [0.05, 0.1) is 0 Å². The van der Waals surface area contributed by atoms with Crippen LogP contribution in [-0.2, 0) is 12.7 Å². The van der Waals surface area contributed by atoms with Crippen molar-refractivity contribution >= 4 is 11.8 Å². The smallest absolute Gasteiger partial charge is 0.300 e. The summed E-state index contributed by atoms with van der Waals surface area (Å²) in [5, 5.41) is 2.93. The van der Waals surface area contributed by atoms with Gasteiger partial charge in [0.15, 0.2) is 5.69 Å². The number of likely N-dealkylation sites (tertiary alicyclic amines) is 1. The van der Waals surface area contributed by atoms with Crippen LogP contribution < -0.4 is 0 Å². The Balaban J connectivity index is 0.000000157. The summed E-state index contributed by atoms with van der Waals surface area (Å²) in [6.45, 7) is 4.43. The molecule has 9 heteroatoms. The van der Waals surface area contributed by atoms with E-state index >= 15 is 0 Å². The van der Waals surface area contributed by atoms with Gasteiger partial charge in [-0.15, -0.1) is 0 Å². The van der Waals surface area contributed by atoms with Crippen LogP contribution in [0, 0.1) is 11.3 Å². The van der Waals surface area contributed by atoms with Crippen molar-refractivity contribution in [2.75, 3.05) is 24.6 Å². The van der Waals surface area contributed by atoms with Gasteiger partial charge in [0.1, 0.15) is 6.54 Å². The van der Waals surface area contributed by atoms with Crippen LogP contribution >= 0.6 is 11.8 Å². The highest BCUT2D eigenvalue weighted by Crippen LogP contribution is 2.46. The Morgan fingerprint density at radius 1 is 1.30 bits per heavy atom. The van der Waals surface area contributed by atoms with Crippen LogP contribution in [-0.4, -0.2) is 51.7 Å². The van der Waals surface area contributed by atoms with E-state index in [-0.39, 0.29) is 0 Å². The maximum Gasteiger partial charge on any atom is 0.435 e. The maximum atomic E-state index is 11.9. The van der Waals surface area contributed by atoms with E-state index in [0.29, 0.717) is 10.7 Å². The number of hydrogen-bond acceptors (Lipinski definition) is 3. The largest absolute Gasteiger partial charge is 0.435 e. The molecular weight excluding hydrogens is 385 g/mol. The summed E-state index contributed by atoms with van der Waals surface area (Å²) >= 11 is 2.15. The average Bonchev–Trinajstić information content (AvgIpc) is 3.23. The van der Waals surface area contributed by atoms with E-state index in [0.717, 1.165) is 23.6 Å². The first kappa shape index (κ1) is 20.9. The average molecular weight is 411 g/mol. The van der Waals surface area contributed by atoms with Gasteiger partial charge in [-0.3, -0.25) is 9.58 Å². The maximum absolute atomic E-state index is 11.9. The number of rotatable bonds is 3. The van der Waals surface area contributed by atoms with E-state index in [1.54, 1.807) is 0 Å². The SMILES string of the molecule is CC1CCC(N2CCC3(CSC3)C2)C1.FC(F)Cn1ccc(C(F)(F)F)n1. The van der Waals surface area contributed by atoms with Crippen LogP contribution in [0.4, 0.5) is 22.0 Å². The van der Waals surface area contributed by atoms with E-state index in [1.165, 1.54) is 50.3 Å². The number of alkyl halides is 5. The molecule has 4 rings (SSSR count). The Morgan fingerprint density at radius 3 is 2.48 bits per heavy atom. The molecule has 0 amide bonds. The molecule has 3 fully saturated rings. The van der Waals surface area contributed by atoms with Crippen molar-refractivity contribution in [2.24, 2.45) is 11.3 Å². The molecule has 0 N–H and O–H groups in total. The van der Waals surface area contributed by atoms with Gasteiger partial charge < -0.3 is 0 Å². The third-order valence-corrected chi connectivity index (χ3v) is 7.36. The Bertz CT molecular complexity index is 614. The van der Waals surface area contributed by atoms with Crippen molar-refractivity contribution in [1.82, 2.24) is 14.7 Å². The molecule has 1 aromatic heterocycles. The molecular formula is C18H26F5N3S. The number of hydrogen-bond donors (Lipinski definition) is 0. The summed E-state index contributed by atoms with van der Waals surface area (Å²) in [5.74, 6) is 3.89. The topological polar surface area (TPSA) is 21.1 Å². The normalized spacial score (nSPS) is 27.7. The predicted octanol–water partition coefficient (Wildman–Crippen LogP) is 4.78. The summed E-state index contributed by atoms with van der Waals surface area (Å²) < 4.78 is 59.6. The van der Waals surface area contributed by atoms with Crippen LogP contribution in [0.3, 0.4) is 0 Å². The molecule has 3 heterocycles. The molecule has 1 saturated carbocycles.